The van der Waals surface area contributed by atoms with Gasteiger partial charge in [-0.1, -0.05) is 30.3 Å². The largest absolute Gasteiger partial charge is 0.341 e. The van der Waals surface area contributed by atoms with Crippen LogP contribution in [0.3, 0.4) is 0 Å². The molecule has 0 spiro atoms. The normalized spacial score (nSPS) is 20.3. The molecule has 2 heterocycles. The molecule has 142 valence electrons. The number of carbonyl (C=O) groups is 3. The number of hydrogen-bond acceptors (Lipinski definition) is 4. The van der Waals surface area contributed by atoms with Crippen molar-refractivity contribution in [1.82, 2.24) is 14.7 Å². The lowest BCUT2D eigenvalue weighted by Crippen LogP contribution is -2.40. The summed E-state index contributed by atoms with van der Waals surface area (Å²) in [5.41, 5.74) is 1.06. The number of nitrogens with zero attached hydrogens (tertiary/aromatic N) is 4. The highest BCUT2D eigenvalue weighted by Gasteiger charge is 2.37. The van der Waals surface area contributed by atoms with Gasteiger partial charge in [0.2, 0.25) is 17.7 Å². The summed E-state index contributed by atoms with van der Waals surface area (Å²) in [5, 5.41) is 8.68. The van der Waals surface area contributed by atoms with Gasteiger partial charge in [-0.3, -0.25) is 14.4 Å². The van der Waals surface area contributed by atoms with Crippen molar-refractivity contribution in [1.29, 1.82) is 5.26 Å². The summed E-state index contributed by atoms with van der Waals surface area (Å²) in [6.07, 6.45) is 0.816. The smallest absolute Gasteiger partial charge is 0.236 e. The standard InChI is InChI=1S/C20H24N4O3/c21-8-7-18(25)22-9-4-10-23(12-11-22)20(27)17-13-19(26)24(15-17)14-16-5-2-1-3-6-16/h1-3,5-6,17H,4,7,9-15H2. The average molecular weight is 368 g/mol. The van der Waals surface area contributed by atoms with Gasteiger partial charge >= 0.3 is 0 Å². The number of carbonyl (C=O) groups excluding carboxylic acids is 3. The molecule has 1 aromatic rings. The van der Waals surface area contributed by atoms with Crippen LogP contribution in [0.5, 0.6) is 0 Å². The SMILES string of the molecule is N#CCC(=O)N1CCCN(C(=O)C2CC(=O)N(Cc3ccccc3)C2)CC1. The molecule has 7 nitrogen and oxygen atoms in total. The Balaban J connectivity index is 1.56. The molecule has 1 unspecified atom stereocenters. The Labute approximate surface area is 159 Å². The lowest BCUT2D eigenvalue weighted by atomic mass is 10.1. The van der Waals surface area contributed by atoms with E-state index in [4.69, 9.17) is 5.26 Å². The molecular formula is C20H24N4O3. The van der Waals surface area contributed by atoms with E-state index in [1.165, 1.54) is 0 Å². The third-order valence-corrected chi connectivity index (χ3v) is 5.17. The maximum atomic E-state index is 12.9. The summed E-state index contributed by atoms with van der Waals surface area (Å²) < 4.78 is 0. The van der Waals surface area contributed by atoms with Crippen LogP contribution in [0.15, 0.2) is 30.3 Å². The molecule has 0 aliphatic carbocycles. The Morgan fingerprint density at radius 3 is 2.52 bits per heavy atom. The van der Waals surface area contributed by atoms with E-state index in [1.54, 1.807) is 14.7 Å². The summed E-state index contributed by atoms with van der Waals surface area (Å²) in [6, 6.07) is 11.6. The molecule has 2 aliphatic rings. The molecule has 3 rings (SSSR count). The molecule has 1 atom stereocenters. The molecule has 0 N–H and O–H groups in total. The average Bonchev–Trinajstić information content (AvgIpc) is 2.88. The van der Waals surface area contributed by atoms with Crippen molar-refractivity contribution < 1.29 is 14.4 Å². The number of rotatable bonds is 4. The minimum atomic E-state index is -0.317. The van der Waals surface area contributed by atoms with E-state index in [1.807, 2.05) is 36.4 Å². The van der Waals surface area contributed by atoms with Crippen molar-refractivity contribution in [2.75, 3.05) is 32.7 Å². The highest BCUT2D eigenvalue weighted by molar-refractivity contribution is 5.89. The van der Waals surface area contributed by atoms with Crippen molar-refractivity contribution in [2.45, 2.75) is 25.8 Å². The van der Waals surface area contributed by atoms with Crippen molar-refractivity contribution in [2.24, 2.45) is 5.92 Å². The summed E-state index contributed by atoms with van der Waals surface area (Å²) in [6.45, 7) is 3.02. The van der Waals surface area contributed by atoms with Gasteiger partial charge in [0, 0.05) is 45.7 Å². The molecule has 1 aromatic carbocycles. The van der Waals surface area contributed by atoms with E-state index in [0.717, 1.165) is 5.56 Å². The van der Waals surface area contributed by atoms with Gasteiger partial charge in [-0.2, -0.15) is 5.26 Å². The Hall–Kier alpha value is -2.88. The molecule has 2 saturated heterocycles. The zero-order chi connectivity index (χ0) is 19.2. The molecule has 2 fully saturated rings. The van der Waals surface area contributed by atoms with Crippen molar-refractivity contribution >= 4 is 17.7 Å². The van der Waals surface area contributed by atoms with Crippen molar-refractivity contribution in [3.8, 4) is 6.07 Å². The van der Waals surface area contributed by atoms with Crippen LogP contribution in [0.4, 0.5) is 0 Å². The van der Waals surface area contributed by atoms with Crippen LogP contribution < -0.4 is 0 Å². The second-order valence-corrected chi connectivity index (χ2v) is 7.06. The number of nitriles is 1. The van der Waals surface area contributed by atoms with E-state index in [9.17, 15) is 14.4 Å². The van der Waals surface area contributed by atoms with E-state index in [-0.39, 0.29) is 36.5 Å². The van der Waals surface area contributed by atoms with Crippen LogP contribution >= 0.6 is 0 Å². The lowest BCUT2D eigenvalue weighted by molar-refractivity contribution is -0.136. The van der Waals surface area contributed by atoms with E-state index >= 15 is 0 Å². The van der Waals surface area contributed by atoms with Gasteiger partial charge in [0.25, 0.3) is 0 Å². The third kappa shape index (κ3) is 4.64. The fraction of sp³-hybridized carbons (Fsp3) is 0.500. The molecule has 0 radical (unpaired) electrons. The summed E-state index contributed by atoms with van der Waals surface area (Å²) in [4.78, 5) is 42.3. The summed E-state index contributed by atoms with van der Waals surface area (Å²) in [7, 11) is 0. The minimum absolute atomic E-state index is 0.00602. The van der Waals surface area contributed by atoms with Gasteiger partial charge in [-0.25, -0.2) is 0 Å². The van der Waals surface area contributed by atoms with E-state index in [2.05, 4.69) is 0 Å². The third-order valence-electron chi connectivity index (χ3n) is 5.17. The van der Waals surface area contributed by atoms with Gasteiger partial charge in [0.1, 0.15) is 6.42 Å². The second kappa shape index (κ2) is 8.67. The monoisotopic (exact) mass is 368 g/mol. The Morgan fingerprint density at radius 1 is 1.07 bits per heavy atom. The second-order valence-electron chi connectivity index (χ2n) is 7.06. The summed E-state index contributed by atoms with van der Waals surface area (Å²) in [5.74, 6) is -0.495. The molecule has 0 aromatic heterocycles. The topological polar surface area (TPSA) is 84.7 Å². The first kappa shape index (κ1) is 18.9. The van der Waals surface area contributed by atoms with Crippen LogP contribution in [-0.2, 0) is 20.9 Å². The highest BCUT2D eigenvalue weighted by Crippen LogP contribution is 2.23. The van der Waals surface area contributed by atoms with Crippen molar-refractivity contribution in [3.63, 3.8) is 0 Å². The van der Waals surface area contributed by atoms with Crippen LogP contribution in [0.2, 0.25) is 0 Å². The molecule has 7 heteroatoms. The fourth-order valence-electron chi connectivity index (χ4n) is 3.72. The first-order chi connectivity index (χ1) is 13.1. The van der Waals surface area contributed by atoms with Crippen LogP contribution in [0.25, 0.3) is 0 Å². The summed E-state index contributed by atoms with van der Waals surface area (Å²) >= 11 is 0. The quantitative estimate of drug-likeness (QED) is 0.794. The maximum absolute atomic E-state index is 12.9. The Bertz CT molecular complexity index is 743. The zero-order valence-corrected chi connectivity index (χ0v) is 15.3. The van der Waals surface area contributed by atoms with Gasteiger partial charge in [-0.15, -0.1) is 0 Å². The molecule has 0 saturated carbocycles. The highest BCUT2D eigenvalue weighted by atomic mass is 16.2. The molecular weight excluding hydrogens is 344 g/mol. The van der Waals surface area contributed by atoms with E-state index < -0.39 is 0 Å². The van der Waals surface area contributed by atoms with Crippen molar-refractivity contribution in [3.05, 3.63) is 35.9 Å². The molecule has 3 amide bonds. The van der Waals surface area contributed by atoms with Gasteiger partial charge in [0.15, 0.2) is 0 Å². The molecule has 0 bridgehead atoms. The van der Waals surface area contributed by atoms with E-state index in [0.29, 0.717) is 45.7 Å². The number of likely N-dealkylation sites (tertiary alicyclic amines) is 1. The lowest BCUT2D eigenvalue weighted by Gasteiger charge is -2.24. The molecule has 27 heavy (non-hydrogen) atoms. The Kier molecular flexibility index (Phi) is 6.07. The minimum Gasteiger partial charge on any atom is -0.341 e. The van der Waals surface area contributed by atoms with Crippen LogP contribution in [0, 0.1) is 17.2 Å². The Morgan fingerprint density at radius 2 is 1.78 bits per heavy atom. The maximum Gasteiger partial charge on any atom is 0.236 e. The first-order valence-corrected chi connectivity index (χ1v) is 9.33. The number of benzene rings is 1. The van der Waals surface area contributed by atoms with Crippen LogP contribution in [-0.4, -0.2) is 65.1 Å². The first-order valence-electron chi connectivity index (χ1n) is 9.33. The van der Waals surface area contributed by atoms with Gasteiger partial charge < -0.3 is 14.7 Å². The number of hydrogen-bond donors (Lipinski definition) is 0. The van der Waals surface area contributed by atoms with Gasteiger partial charge in [-0.05, 0) is 12.0 Å². The zero-order valence-electron chi connectivity index (χ0n) is 15.3. The number of amides is 3. The molecule has 2 aliphatic heterocycles. The fourth-order valence-corrected chi connectivity index (χ4v) is 3.72. The predicted octanol–water partition coefficient (Wildman–Crippen LogP) is 1.01. The van der Waals surface area contributed by atoms with Crippen LogP contribution in [0.1, 0.15) is 24.8 Å². The predicted molar refractivity (Wildman–Crippen MR) is 98.0 cm³/mol. The van der Waals surface area contributed by atoms with Gasteiger partial charge in [0.05, 0.1) is 12.0 Å².